The van der Waals surface area contributed by atoms with Crippen molar-refractivity contribution in [3.63, 3.8) is 0 Å². The molecule has 0 atom stereocenters. The summed E-state index contributed by atoms with van der Waals surface area (Å²) in [6.07, 6.45) is 0. The lowest BCUT2D eigenvalue weighted by molar-refractivity contribution is 0.628. The molecule has 5 heteroatoms. The first kappa shape index (κ1) is 12.4. The SMILES string of the molecule is Cc1ccc(F)cc1Nc1nc2ccc(Cl)cc2s1. The van der Waals surface area contributed by atoms with Crippen molar-refractivity contribution in [3.05, 3.63) is 52.8 Å². The average molecular weight is 293 g/mol. The van der Waals surface area contributed by atoms with Crippen LogP contribution in [0, 0.1) is 12.7 Å². The lowest BCUT2D eigenvalue weighted by atomic mass is 10.2. The van der Waals surface area contributed by atoms with Crippen LogP contribution in [0.25, 0.3) is 10.2 Å². The number of anilines is 2. The van der Waals surface area contributed by atoms with Gasteiger partial charge in [0.2, 0.25) is 0 Å². The molecule has 96 valence electrons. The topological polar surface area (TPSA) is 24.9 Å². The van der Waals surface area contributed by atoms with E-state index in [9.17, 15) is 4.39 Å². The Morgan fingerprint density at radius 1 is 1.21 bits per heavy atom. The van der Waals surface area contributed by atoms with Crippen molar-refractivity contribution >= 4 is 44.0 Å². The van der Waals surface area contributed by atoms with E-state index in [4.69, 9.17) is 11.6 Å². The molecule has 0 amide bonds. The van der Waals surface area contributed by atoms with E-state index in [1.54, 1.807) is 12.1 Å². The third-order valence-corrected chi connectivity index (χ3v) is 3.96. The Labute approximate surface area is 118 Å². The van der Waals surface area contributed by atoms with Crippen molar-refractivity contribution in [1.82, 2.24) is 4.98 Å². The fraction of sp³-hybridized carbons (Fsp3) is 0.0714. The van der Waals surface area contributed by atoms with Gasteiger partial charge in [-0.05, 0) is 42.8 Å². The fourth-order valence-corrected chi connectivity index (χ4v) is 2.95. The Bertz CT molecular complexity index is 754. The standard InChI is InChI=1S/C14H10ClFN2S/c1-8-2-4-10(16)7-12(8)18-14-17-11-5-3-9(15)6-13(11)19-14/h2-7H,1H3,(H,17,18). The van der Waals surface area contributed by atoms with Gasteiger partial charge in [0.25, 0.3) is 0 Å². The van der Waals surface area contributed by atoms with Crippen molar-refractivity contribution < 1.29 is 4.39 Å². The van der Waals surface area contributed by atoms with Crippen LogP contribution in [-0.4, -0.2) is 4.98 Å². The maximum Gasteiger partial charge on any atom is 0.188 e. The largest absolute Gasteiger partial charge is 0.331 e. The number of benzene rings is 2. The second kappa shape index (κ2) is 4.79. The first-order chi connectivity index (χ1) is 9.11. The van der Waals surface area contributed by atoms with Crippen molar-refractivity contribution in [3.8, 4) is 0 Å². The first-order valence-corrected chi connectivity index (χ1v) is 6.90. The Balaban J connectivity index is 1.98. The minimum atomic E-state index is -0.266. The predicted octanol–water partition coefficient (Wildman–Crippen LogP) is 5.14. The average Bonchev–Trinajstić information content (AvgIpc) is 2.75. The molecule has 2 aromatic carbocycles. The molecule has 3 rings (SSSR count). The lowest BCUT2D eigenvalue weighted by Crippen LogP contribution is -1.93. The van der Waals surface area contributed by atoms with E-state index in [1.165, 1.54) is 23.5 Å². The summed E-state index contributed by atoms with van der Waals surface area (Å²) in [7, 11) is 0. The van der Waals surface area contributed by atoms with Crippen LogP contribution in [0.3, 0.4) is 0 Å². The van der Waals surface area contributed by atoms with E-state index in [1.807, 2.05) is 19.1 Å². The van der Waals surface area contributed by atoms with Crippen LogP contribution in [0.4, 0.5) is 15.2 Å². The lowest BCUT2D eigenvalue weighted by Gasteiger charge is -2.05. The maximum atomic E-state index is 13.2. The first-order valence-electron chi connectivity index (χ1n) is 5.71. The monoisotopic (exact) mass is 292 g/mol. The van der Waals surface area contributed by atoms with Gasteiger partial charge in [-0.1, -0.05) is 29.0 Å². The van der Waals surface area contributed by atoms with Crippen LogP contribution in [0.2, 0.25) is 5.02 Å². The molecule has 1 N–H and O–H groups in total. The Kier molecular flexibility index (Phi) is 3.12. The van der Waals surface area contributed by atoms with E-state index in [0.29, 0.717) is 5.02 Å². The summed E-state index contributed by atoms with van der Waals surface area (Å²) in [4.78, 5) is 4.45. The number of hydrogen-bond acceptors (Lipinski definition) is 3. The van der Waals surface area contributed by atoms with Gasteiger partial charge in [-0.25, -0.2) is 9.37 Å². The molecule has 2 nitrogen and oxygen atoms in total. The zero-order valence-corrected chi connectivity index (χ0v) is 11.6. The van der Waals surface area contributed by atoms with Crippen LogP contribution in [-0.2, 0) is 0 Å². The van der Waals surface area contributed by atoms with Crippen LogP contribution < -0.4 is 5.32 Å². The quantitative estimate of drug-likeness (QED) is 0.707. The van der Waals surface area contributed by atoms with Gasteiger partial charge in [-0.15, -0.1) is 0 Å². The molecular formula is C14H10ClFN2S. The van der Waals surface area contributed by atoms with Crippen LogP contribution in [0.15, 0.2) is 36.4 Å². The highest BCUT2D eigenvalue weighted by Crippen LogP contribution is 2.31. The van der Waals surface area contributed by atoms with Crippen molar-refractivity contribution in [1.29, 1.82) is 0 Å². The summed E-state index contributed by atoms with van der Waals surface area (Å²) in [6.45, 7) is 1.92. The Morgan fingerprint density at radius 3 is 2.89 bits per heavy atom. The number of nitrogens with one attached hydrogen (secondary N) is 1. The highest BCUT2D eigenvalue weighted by molar-refractivity contribution is 7.22. The smallest absolute Gasteiger partial charge is 0.188 e. The molecule has 1 aromatic heterocycles. The minimum absolute atomic E-state index is 0.266. The van der Waals surface area contributed by atoms with Gasteiger partial charge in [-0.3, -0.25) is 0 Å². The highest BCUT2D eigenvalue weighted by atomic mass is 35.5. The summed E-state index contributed by atoms with van der Waals surface area (Å²) in [6, 6.07) is 10.2. The van der Waals surface area contributed by atoms with Gasteiger partial charge < -0.3 is 5.32 Å². The zero-order chi connectivity index (χ0) is 13.4. The summed E-state index contributed by atoms with van der Waals surface area (Å²) >= 11 is 7.43. The van der Waals surface area contributed by atoms with E-state index in [0.717, 1.165) is 26.6 Å². The molecule has 0 spiro atoms. The third-order valence-electron chi connectivity index (χ3n) is 2.79. The van der Waals surface area contributed by atoms with Crippen LogP contribution in [0.1, 0.15) is 5.56 Å². The number of aromatic nitrogens is 1. The second-order valence-electron chi connectivity index (χ2n) is 4.22. The molecule has 0 aliphatic carbocycles. The normalized spacial score (nSPS) is 10.9. The van der Waals surface area contributed by atoms with Gasteiger partial charge in [0.15, 0.2) is 5.13 Å². The molecule has 0 fully saturated rings. The van der Waals surface area contributed by atoms with Crippen LogP contribution >= 0.6 is 22.9 Å². The van der Waals surface area contributed by atoms with Crippen molar-refractivity contribution in [2.24, 2.45) is 0 Å². The Morgan fingerprint density at radius 2 is 2.05 bits per heavy atom. The molecule has 0 unspecified atom stereocenters. The summed E-state index contributed by atoms with van der Waals surface area (Å²) < 4.78 is 14.2. The highest BCUT2D eigenvalue weighted by Gasteiger charge is 2.06. The van der Waals surface area contributed by atoms with E-state index in [-0.39, 0.29) is 5.82 Å². The van der Waals surface area contributed by atoms with Crippen LogP contribution in [0.5, 0.6) is 0 Å². The zero-order valence-electron chi connectivity index (χ0n) is 10.1. The Hall–Kier alpha value is -1.65. The van der Waals surface area contributed by atoms with Gasteiger partial charge in [0.1, 0.15) is 5.82 Å². The number of thiazole rings is 1. The molecule has 0 saturated heterocycles. The molecule has 0 radical (unpaired) electrons. The van der Waals surface area contributed by atoms with Crippen molar-refractivity contribution in [2.75, 3.05) is 5.32 Å². The molecule has 1 heterocycles. The minimum Gasteiger partial charge on any atom is -0.331 e. The van der Waals surface area contributed by atoms with E-state index < -0.39 is 0 Å². The third kappa shape index (κ3) is 2.55. The number of hydrogen-bond donors (Lipinski definition) is 1. The second-order valence-corrected chi connectivity index (χ2v) is 5.68. The predicted molar refractivity (Wildman–Crippen MR) is 79.0 cm³/mol. The van der Waals surface area contributed by atoms with E-state index in [2.05, 4.69) is 10.3 Å². The summed E-state index contributed by atoms with van der Waals surface area (Å²) in [5.41, 5.74) is 2.58. The molecule has 3 aromatic rings. The van der Waals surface area contributed by atoms with Gasteiger partial charge >= 0.3 is 0 Å². The molecular weight excluding hydrogens is 283 g/mol. The number of halogens is 2. The number of aryl methyl sites for hydroxylation is 1. The fourth-order valence-electron chi connectivity index (χ4n) is 1.80. The van der Waals surface area contributed by atoms with Gasteiger partial charge in [0, 0.05) is 10.7 Å². The summed E-state index contributed by atoms with van der Waals surface area (Å²) in [5, 5.41) is 4.56. The molecule has 19 heavy (non-hydrogen) atoms. The molecule has 0 bridgehead atoms. The number of fused-ring (bicyclic) bond motifs is 1. The summed E-state index contributed by atoms with van der Waals surface area (Å²) in [5.74, 6) is -0.266. The number of nitrogens with zero attached hydrogens (tertiary/aromatic N) is 1. The van der Waals surface area contributed by atoms with Gasteiger partial charge in [0.05, 0.1) is 10.2 Å². The van der Waals surface area contributed by atoms with Gasteiger partial charge in [-0.2, -0.15) is 0 Å². The number of rotatable bonds is 2. The molecule has 0 saturated carbocycles. The molecule has 0 aliphatic heterocycles. The molecule has 0 aliphatic rings. The van der Waals surface area contributed by atoms with E-state index >= 15 is 0 Å². The maximum absolute atomic E-state index is 13.2. The van der Waals surface area contributed by atoms with Crippen molar-refractivity contribution in [2.45, 2.75) is 6.92 Å².